The molecule has 1 amide bonds. The van der Waals surface area contributed by atoms with E-state index in [0.29, 0.717) is 11.1 Å². The smallest absolute Gasteiger partial charge is 0.254 e. The summed E-state index contributed by atoms with van der Waals surface area (Å²) in [6.07, 6.45) is 4.29. The molecule has 1 heterocycles. The molecule has 1 atom stereocenters. The molecule has 3 heteroatoms. The van der Waals surface area contributed by atoms with E-state index in [0.717, 1.165) is 31.4 Å². The lowest BCUT2D eigenvalue weighted by atomic mass is 9.95. The van der Waals surface area contributed by atoms with Crippen LogP contribution >= 0.6 is 11.6 Å². The van der Waals surface area contributed by atoms with Crippen molar-refractivity contribution in [3.05, 3.63) is 70.7 Å². The Kier molecular flexibility index (Phi) is 4.79. The minimum Gasteiger partial charge on any atom is -0.335 e. The van der Waals surface area contributed by atoms with Crippen molar-refractivity contribution < 1.29 is 4.79 Å². The molecule has 114 valence electrons. The number of nitrogens with zero attached hydrogens (tertiary/aromatic N) is 1. The third-order valence-electron chi connectivity index (χ3n) is 4.29. The van der Waals surface area contributed by atoms with Crippen LogP contribution in [0.1, 0.15) is 35.2 Å². The Morgan fingerprint density at radius 2 is 1.77 bits per heavy atom. The van der Waals surface area contributed by atoms with Crippen molar-refractivity contribution in [2.75, 3.05) is 6.54 Å². The van der Waals surface area contributed by atoms with Crippen LogP contribution in [0.3, 0.4) is 0 Å². The summed E-state index contributed by atoms with van der Waals surface area (Å²) in [6, 6.07) is 17.9. The van der Waals surface area contributed by atoms with E-state index in [4.69, 9.17) is 11.6 Å². The first-order chi connectivity index (χ1) is 10.7. The number of rotatable bonds is 3. The summed E-state index contributed by atoms with van der Waals surface area (Å²) >= 11 is 5.91. The fourth-order valence-corrected chi connectivity index (χ4v) is 3.25. The lowest BCUT2D eigenvalue weighted by Crippen LogP contribution is -2.44. The molecular weight excluding hydrogens is 294 g/mol. The van der Waals surface area contributed by atoms with Crippen molar-refractivity contribution in [1.29, 1.82) is 0 Å². The second-order valence-electron chi connectivity index (χ2n) is 5.84. The molecule has 0 radical (unpaired) electrons. The second-order valence-corrected chi connectivity index (χ2v) is 6.28. The standard InChI is InChI=1S/C19H20ClNO/c20-17-11-9-16(10-12-17)19(22)21-13-5-4-8-18(21)14-15-6-2-1-3-7-15/h1-3,6-7,9-12,18H,4-5,8,13-14H2/t18-/m0/s1. The average molecular weight is 314 g/mol. The van der Waals surface area contributed by atoms with Gasteiger partial charge in [0, 0.05) is 23.2 Å². The molecule has 1 fully saturated rings. The van der Waals surface area contributed by atoms with Gasteiger partial charge in [-0.15, -0.1) is 0 Å². The highest BCUT2D eigenvalue weighted by atomic mass is 35.5. The molecule has 0 bridgehead atoms. The minimum atomic E-state index is 0.122. The zero-order chi connectivity index (χ0) is 15.4. The van der Waals surface area contributed by atoms with Crippen LogP contribution in [0.5, 0.6) is 0 Å². The van der Waals surface area contributed by atoms with Gasteiger partial charge in [0.2, 0.25) is 0 Å². The van der Waals surface area contributed by atoms with Crippen LogP contribution in [0.15, 0.2) is 54.6 Å². The van der Waals surface area contributed by atoms with Gasteiger partial charge in [-0.3, -0.25) is 4.79 Å². The number of halogens is 1. The lowest BCUT2D eigenvalue weighted by molar-refractivity contribution is 0.0613. The van der Waals surface area contributed by atoms with E-state index >= 15 is 0 Å². The largest absolute Gasteiger partial charge is 0.335 e. The van der Waals surface area contributed by atoms with Gasteiger partial charge >= 0.3 is 0 Å². The summed E-state index contributed by atoms with van der Waals surface area (Å²) in [7, 11) is 0. The molecule has 0 unspecified atom stereocenters. The predicted molar refractivity (Wildman–Crippen MR) is 90.3 cm³/mol. The number of piperidine rings is 1. The summed E-state index contributed by atoms with van der Waals surface area (Å²) in [4.78, 5) is 14.8. The van der Waals surface area contributed by atoms with Gasteiger partial charge in [-0.25, -0.2) is 0 Å². The number of amides is 1. The molecule has 0 saturated carbocycles. The Balaban J connectivity index is 1.77. The van der Waals surface area contributed by atoms with Gasteiger partial charge in [-0.1, -0.05) is 41.9 Å². The maximum absolute atomic E-state index is 12.8. The summed E-state index contributed by atoms with van der Waals surface area (Å²) in [5, 5.41) is 0.663. The maximum atomic E-state index is 12.8. The van der Waals surface area contributed by atoms with E-state index in [1.807, 2.05) is 23.1 Å². The van der Waals surface area contributed by atoms with E-state index in [-0.39, 0.29) is 5.91 Å². The molecule has 2 nitrogen and oxygen atoms in total. The van der Waals surface area contributed by atoms with Crippen LogP contribution in [0.25, 0.3) is 0 Å². The Morgan fingerprint density at radius 3 is 2.50 bits per heavy atom. The number of carbonyl (C=O) groups excluding carboxylic acids is 1. The van der Waals surface area contributed by atoms with Crippen LogP contribution in [-0.2, 0) is 6.42 Å². The van der Waals surface area contributed by atoms with Gasteiger partial charge in [-0.05, 0) is 55.5 Å². The van der Waals surface area contributed by atoms with Crippen molar-refractivity contribution in [1.82, 2.24) is 4.90 Å². The van der Waals surface area contributed by atoms with Crippen molar-refractivity contribution in [2.24, 2.45) is 0 Å². The molecule has 0 aromatic heterocycles. The molecule has 2 aromatic rings. The summed E-state index contributed by atoms with van der Waals surface area (Å²) in [5.41, 5.74) is 2.02. The van der Waals surface area contributed by atoms with Crippen LogP contribution < -0.4 is 0 Å². The van der Waals surface area contributed by atoms with Gasteiger partial charge in [0.1, 0.15) is 0 Å². The first kappa shape index (κ1) is 15.1. The first-order valence-electron chi connectivity index (χ1n) is 7.84. The van der Waals surface area contributed by atoms with Gasteiger partial charge in [0.25, 0.3) is 5.91 Å². The maximum Gasteiger partial charge on any atom is 0.254 e. The third-order valence-corrected chi connectivity index (χ3v) is 4.55. The molecule has 22 heavy (non-hydrogen) atoms. The highest BCUT2D eigenvalue weighted by molar-refractivity contribution is 6.30. The summed E-state index contributed by atoms with van der Waals surface area (Å²) < 4.78 is 0. The molecule has 0 aliphatic carbocycles. The average Bonchev–Trinajstić information content (AvgIpc) is 2.56. The molecule has 0 spiro atoms. The normalized spacial score (nSPS) is 18.2. The van der Waals surface area contributed by atoms with E-state index in [1.54, 1.807) is 12.1 Å². The second kappa shape index (κ2) is 6.97. The van der Waals surface area contributed by atoms with Crippen molar-refractivity contribution in [3.63, 3.8) is 0 Å². The number of likely N-dealkylation sites (tertiary alicyclic amines) is 1. The van der Waals surface area contributed by atoms with Gasteiger partial charge in [0.05, 0.1) is 0 Å². The van der Waals surface area contributed by atoms with Gasteiger partial charge < -0.3 is 4.90 Å². The van der Waals surface area contributed by atoms with Crippen LogP contribution in [0, 0.1) is 0 Å². The number of benzene rings is 2. The Labute approximate surface area is 136 Å². The zero-order valence-electron chi connectivity index (χ0n) is 12.5. The molecule has 3 rings (SSSR count). The quantitative estimate of drug-likeness (QED) is 0.812. The van der Waals surface area contributed by atoms with Crippen molar-refractivity contribution in [3.8, 4) is 0 Å². The predicted octanol–water partition coefficient (Wildman–Crippen LogP) is 4.58. The number of carbonyl (C=O) groups is 1. The summed E-state index contributed by atoms with van der Waals surface area (Å²) in [5.74, 6) is 0.122. The number of hydrogen-bond acceptors (Lipinski definition) is 1. The molecule has 0 N–H and O–H groups in total. The van der Waals surface area contributed by atoms with Crippen molar-refractivity contribution >= 4 is 17.5 Å². The topological polar surface area (TPSA) is 20.3 Å². The fraction of sp³-hybridized carbons (Fsp3) is 0.316. The molecule has 2 aromatic carbocycles. The SMILES string of the molecule is O=C(c1ccc(Cl)cc1)N1CCCC[C@H]1Cc1ccccc1. The van der Waals surface area contributed by atoms with Crippen LogP contribution in [0.2, 0.25) is 5.02 Å². The van der Waals surface area contributed by atoms with Crippen molar-refractivity contribution in [2.45, 2.75) is 31.7 Å². The lowest BCUT2D eigenvalue weighted by Gasteiger charge is -2.36. The van der Waals surface area contributed by atoms with Crippen LogP contribution in [-0.4, -0.2) is 23.4 Å². The monoisotopic (exact) mass is 313 g/mol. The first-order valence-corrected chi connectivity index (χ1v) is 8.22. The minimum absolute atomic E-state index is 0.122. The molecule has 1 saturated heterocycles. The van der Waals surface area contributed by atoms with Crippen LogP contribution in [0.4, 0.5) is 0 Å². The molecular formula is C19H20ClNO. The Hall–Kier alpha value is -1.80. The number of hydrogen-bond donors (Lipinski definition) is 0. The molecule has 1 aliphatic rings. The van der Waals surface area contributed by atoms with E-state index < -0.39 is 0 Å². The Morgan fingerprint density at radius 1 is 1.05 bits per heavy atom. The van der Waals surface area contributed by atoms with Gasteiger partial charge in [0.15, 0.2) is 0 Å². The summed E-state index contributed by atoms with van der Waals surface area (Å²) in [6.45, 7) is 0.846. The zero-order valence-corrected chi connectivity index (χ0v) is 13.3. The Bertz CT molecular complexity index is 624. The third kappa shape index (κ3) is 3.50. The van der Waals surface area contributed by atoms with E-state index in [9.17, 15) is 4.79 Å². The van der Waals surface area contributed by atoms with E-state index in [1.165, 1.54) is 12.0 Å². The van der Waals surface area contributed by atoms with Gasteiger partial charge in [-0.2, -0.15) is 0 Å². The fourth-order valence-electron chi connectivity index (χ4n) is 3.12. The highest BCUT2D eigenvalue weighted by Gasteiger charge is 2.27. The molecule has 1 aliphatic heterocycles. The highest BCUT2D eigenvalue weighted by Crippen LogP contribution is 2.23. The van der Waals surface area contributed by atoms with E-state index in [2.05, 4.69) is 24.3 Å².